The molecule has 0 aliphatic carbocycles. The second-order valence-electron chi connectivity index (χ2n) is 3.71. The summed E-state index contributed by atoms with van der Waals surface area (Å²) in [6.45, 7) is 1.97. The molecule has 0 bridgehead atoms. The predicted molar refractivity (Wildman–Crippen MR) is 64.5 cm³/mol. The summed E-state index contributed by atoms with van der Waals surface area (Å²) in [6.07, 6.45) is 2.60. The van der Waals surface area contributed by atoms with Crippen molar-refractivity contribution < 1.29 is 5.11 Å². The fourth-order valence-corrected chi connectivity index (χ4v) is 1.81. The van der Waals surface area contributed by atoms with Crippen LogP contribution in [0.25, 0.3) is 0 Å². The number of benzene rings is 1. The Hall–Kier alpha value is -1.38. The number of hydrogen-bond acceptors (Lipinski definition) is 2. The number of aliphatic hydroxyl groups is 1. The van der Waals surface area contributed by atoms with Gasteiger partial charge in [0.15, 0.2) is 0 Å². The van der Waals surface area contributed by atoms with Gasteiger partial charge >= 0.3 is 0 Å². The Labute approximate surface area is 99.5 Å². The molecule has 2 aromatic rings. The van der Waals surface area contributed by atoms with Gasteiger partial charge in [-0.2, -0.15) is 0 Å². The first-order valence-electron chi connectivity index (χ1n) is 5.02. The third kappa shape index (κ3) is 2.23. The third-order valence-corrected chi connectivity index (χ3v) is 2.79. The van der Waals surface area contributed by atoms with Crippen molar-refractivity contribution in [2.75, 3.05) is 0 Å². The summed E-state index contributed by atoms with van der Waals surface area (Å²) >= 11 is 6.06. The van der Waals surface area contributed by atoms with Crippen LogP contribution in [0.3, 0.4) is 0 Å². The van der Waals surface area contributed by atoms with Crippen molar-refractivity contribution in [3.05, 3.63) is 64.4 Å². The van der Waals surface area contributed by atoms with Crippen LogP contribution in [-0.4, -0.2) is 10.1 Å². The Balaban J connectivity index is 2.41. The van der Waals surface area contributed by atoms with E-state index in [-0.39, 0.29) is 0 Å². The van der Waals surface area contributed by atoms with Gasteiger partial charge in [-0.1, -0.05) is 35.4 Å². The molecule has 1 unspecified atom stereocenters. The minimum Gasteiger partial charge on any atom is -0.384 e. The summed E-state index contributed by atoms with van der Waals surface area (Å²) < 4.78 is 0. The maximum absolute atomic E-state index is 10.2. The molecular weight excluding hydrogens is 222 g/mol. The monoisotopic (exact) mass is 233 g/mol. The second-order valence-corrected chi connectivity index (χ2v) is 4.12. The van der Waals surface area contributed by atoms with Gasteiger partial charge < -0.3 is 5.11 Å². The van der Waals surface area contributed by atoms with Gasteiger partial charge in [0, 0.05) is 28.5 Å². The molecular formula is C13H12ClNO. The number of aliphatic hydroxyl groups excluding tert-OH is 1. The first-order valence-corrected chi connectivity index (χ1v) is 5.40. The van der Waals surface area contributed by atoms with Crippen molar-refractivity contribution in [3.63, 3.8) is 0 Å². The van der Waals surface area contributed by atoms with Crippen LogP contribution in [0.15, 0.2) is 42.7 Å². The van der Waals surface area contributed by atoms with E-state index in [0.29, 0.717) is 5.02 Å². The van der Waals surface area contributed by atoms with Gasteiger partial charge in [0.2, 0.25) is 0 Å². The van der Waals surface area contributed by atoms with E-state index < -0.39 is 6.10 Å². The normalized spacial score (nSPS) is 12.4. The molecule has 1 aromatic carbocycles. The molecule has 0 spiro atoms. The smallest absolute Gasteiger partial charge is 0.107 e. The molecule has 2 nitrogen and oxygen atoms in total. The van der Waals surface area contributed by atoms with Crippen LogP contribution in [0.1, 0.15) is 22.8 Å². The molecule has 0 amide bonds. The fraction of sp³-hybridized carbons (Fsp3) is 0.154. The summed E-state index contributed by atoms with van der Waals surface area (Å²) in [5.74, 6) is 0. The molecule has 3 heteroatoms. The van der Waals surface area contributed by atoms with Gasteiger partial charge in [-0.3, -0.25) is 4.98 Å². The highest BCUT2D eigenvalue weighted by atomic mass is 35.5. The first kappa shape index (κ1) is 11.1. The number of rotatable bonds is 2. The number of pyridine rings is 1. The van der Waals surface area contributed by atoms with Crippen molar-refractivity contribution in [1.29, 1.82) is 0 Å². The molecule has 1 heterocycles. The van der Waals surface area contributed by atoms with Crippen LogP contribution in [0, 0.1) is 6.92 Å². The van der Waals surface area contributed by atoms with Crippen molar-refractivity contribution in [3.8, 4) is 0 Å². The van der Waals surface area contributed by atoms with E-state index in [1.807, 2.05) is 25.1 Å². The molecule has 16 heavy (non-hydrogen) atoms. The molecule has 82 valence electrons. The zero-order chi connectivity index (χ0) is 11.5. The van der Waals surface area contributed by atoms with E-state index in [1.165, 1.54) is 0 Å². The average molecular weight is 234 g/mol. The number of hydrogen-bond donors (Lipinski definition) is 1. The van der Waals surface area contributed by atoms with Gasteiger partial charge in [-0.15, -0.1) is 0 Å². The van der Waals surface area contributed by atoms with Gasteiger partial charge in [0.1, 0.15) is 6.10 Å². The molecule has 0 aliphatic rings. The van der Waals surface area contributed by atoms with Crippen LogP contribution in [0.5, 0.6) is 0 Å². The highest BCUT2D eigenvalue weighted by Gasteiger charge is 2.13. The van der Waals surface area contributed by atoms with Crippen molar-refractivity contribution >= 4 is 11.6 Å². The summed E-state index contributed by atoms with van der Waals surface area (Å²) in [5, 5.41) is 10.7. The maximum Gasteiger partial charge on any atom is 0.107 e. The lowest BCUT2D eigenvalue weighted by Gasteiger charge is -2.13. The van der Waals surface area contributed by atoms with Gasteiger partial charge in [0.25, 0.3) is 0 Å². The number of aryl methyl sites for hydroxylation is 1. The molecule has 1 N–H and O–H groups in total. The number of halogens is 1. The standard InChI is InChI=1S/C13H12ClNO/c1-9-4-5-12(14)11(7-9)13(16)10-3-2-6-15-8-10/h2-8,13,16H,1H3. The topological polar surface area (TPSA) is 33.1 Å². The number of aromatic nitrogens is 1. The molecule has 0 aliphatic heterocycles. The lowest BCUT2D eigenvalue weighted by atomic mass is 10.0. The highest BCUT2D eigenvalue weighted by molar-refractivity contribution is 6.31. The lowest BCUT2D eigenvalue weighted by molar-refractivity contribution is 0.220. The Kier molecular flexibility index (Phi) is 3.22. The highest BCUT2D eigenvalue weighted by Crippen LogP contribution is 2.28. The van der Waals surface area contributed by atoms with Gasteiger partial charge in [-0.05, 0) is 19.1 Å². The minimum atomic E-state index is -0.721. The Morgan fingerprint density at radius 1 is 1.31 bits per heavy atom. The molecule has 0 saturated carbocycles. The van der Waals surface area contributed by atoms with Gasteiger partial charge in [-0.25, -0.2) is 0 Å². The average Bonchev–Trinajstić information content (AvgIpc) is 2.32. The Morgan fingerprint density at radius 3 is 2.81 bits per heavy atom. The van der Waals surface area contributed by atoms with E-state index in [2.05, 4.69) is 4.98 Å². The first-order chi connectivity index (χ1) is 7.68. The van der Waals surface area contributed by atoms with E-state index >= 15 is 0 Å². The third-order valence-electron chi connectivity index (χ3n) is 2.45. The van der Waals surface area contributed by atoms with Crippen LogP contribution < -0.4 is 0 Å². The van der Waals surface area contributed by atoms with Crippen LogP contribution in [0.4, 0.5) is 0 Å². The molecule has 2 rings (SSSR count). The molecule has 0 saturated heterocycles. The van der Waals surface area contributed by atoms with E-state index in [0.717, 1.165) is 16.7 Å². The van der Waals surface area contributed by atoms with Gasteiger partial charge in [0.05, 0.1) is 0 Å². The van der Waals surface area contributed by atoms with E-state index in [4.69, 9.17) is 11.6 Å². The van der Waals surface area contributed by atoms with Crippen molar-refractivity contribution in [2.24, 2.45) is 0 Å². The molecule has 0 radical (unpaired) electrons. The number of nitrogens with zero attached hydrogens (tertiary/aromatic N) is 1. The summed E-state index contributed by atoms with van der Waals surface area (Å²) in [6, 6.07) is 9.23. The Morgan fingerprint density at radius 2 is 2.12 bits per heavy atom. The fourth-order valence-electron chi connectivity index (χ4n) is 1.59. The van der Waals surface area contributed by atoms with Crippen molar-refractivity contribution in [2.45, 2.75) is 13.0 Å². The molecule has 1 atom stereocenters. The summed E-state index contributed by atoms with van der Waals surface area (Å²) in [5.41, 5.74) is 2.53. The zero-order valence-electron chi connectivity index (χ0n) is 8.89. The second kappa shape index (κ2) is 4.64. The Bertz CT molecular complexity index is 485. The quantitative estimate of drug-likeness (QED) is 0.865. The zero-order valence-corrected chi connectivity index (χ0v) is 9.65. The molecule has 1 aromatic heterocycles. The predicted octanol–water partition coefficient (Wildman–Crippen LogP) is 3.13. The minimum absolute atomic E-state index is 0.571. The molecule has 0 fully saturated rings. The van der Waals surface area contributed by atoms with Crippen LogP contribution >= 0.6 is 11.6 Å². The van der Waals surface area contributed by atoms with E-state index in [9.17, 15) is 5.11 Å². The van der Waals surface area contributed by atoms with E-state index in [1.54, 1.807) is 24.5 Å². The summed E-state index contributed by atoms with van der Waals surface area (Å²) in [7, 11) is 0. The summed E-state index contributed by atoms with van der Waals surface area (Å²) in [4.78, 5) is 3.98. The van der Waals surface area contributed by atoms with Crippen LogP contribution in [-0.2, 0) is 0 Å². The lowest BCUT2D eigenvalue weighted by Crippen LogP contribution is -2.01. The largest absolute Gasteiger partial charge is 0.384 e. The van der Waals surface area contributed by atoms with Crippen molar-refractivity contribution in [1.82, 2.24) is 4.98 Å². The van der Waals surface area contributed by atoms with Crippen LogP contribution in [0.2, 0.25) is 5.02 Å². The maximum atomic E-state index is 10.2. The SMILES string of the molecule is Cc1ccc(Cl)c(C(O)c2cccnc2)c1.